The molecule has 68 heavy (non-hydrogen) atoms. The van der Waals surface area contributed by atoms with E-state index in [1.54, 1.807) is 0 Å². The van der Waals surface area contributed by atoms with E-state index in [2.05, 4.69) is 159 Å². The normalized spacial score (nSPS) is 10.6. The standard InChI is InChI=1S/C25H22P2.C9H9N.C6H15O3P.C6H7.2CO.F6P.2Mn.NO/c1-5-13-22(14-6-1)26(23-15-7-2-8-16-23)21-27(24-17-9-3-10-18-24)25-19-11-4-12-20-25;1-7-4-5-9(10-3)8(2)6-7;1-4-7-10(8-5-2)9-6-3;1-6-4-2-3-5-6;2*1-2;1-7(2,3,4,5)6;;;1-2/h1-20H,21H2;4-6H,1-2H3;4-6H2,1-3H3;2-5H,1H3;;;;;;/q;;;-1;;;-1;;+3;-1. The minimum absolute atomic E-state index is 0. The van der Waals surface area contributed by atoms with Gasteiger partial charge < -0.3 is 24.1 Å². The van der Waals surface area contributed by atoms with E-state index in [-0.39, 0.29) is 34.1 Å². The van der Waals surface area contributed by atoms with Crippen molar-refractivity contribution in [2.24, 2.45) is 0 Å². The number of halogens is 6. The molecule has 8 nitrogen and oxygen atoms in total. The third-order valence-electron chi connectivity index (χ3n) is 7.56. The molecule has 0 bridgehead atoms. The van der Waals surface area contributed by atoms with Crippen LogP contribution in [-0.2, 0) is 57.0 Å². The molecule has 20 heteroatoms. The Bertz CT molecular complexity index is 2030. The number of nitroso groups, excluding NO2 is 1. The Hall–Kier alpha value is -3.76. The van der Waals surface area contributed by atoms with Gasteiger partial charge in [0.2, 0.25) is 0 Å². The van der Waals surface area contributed by atoms with Crippen molar-refractivity contribution in [3.8, 4) is 0 Å². The van der Waals surface area contributed by atoms with Gasteiger partial charge in [0, 0.05) is 23.0 Å². The number of benzene rings is 5. The molecule has 367 valence electrons. The third kappa shape index (κ3) is 37.2. The van der Waals surface area contributed by atoms with E-state index >= 15 is 0 Å². The molecule has 0 aliphatic carbocycles. The molecule has 0 spiro atoms. The molecule has 0 aromatic heterocycles. The summed E-state index contributed by atoms with van der Waals surface area (Å²) in [5.74, 6) is 1.17. The molecule has 6 aromatic rings. The van der Waals surface area contributed by atoms with Crippen molar-refractivity contribution < 1.29 is 82.2 Å². The molecule has 0 unspecified atom stereocenters. The minimum Gasteiger partial charge on any atom is -0.577 e. The zero-order chi connectivity index (χ0) is 50.5. The van der Waals surface area contributed by atoms with Gasteiger partial charge in [0.25, 0.3) is 0 Å². The number of aryl methyl sites for hydroxylation is 3. The molecule has 0 fully saturated rings. The Morgan fingerprint density at radius 3 is 1.09 bits per heavy atom. The van der Waals surface area contributed by atoms with Gasteiger partial charge in [0.15, 0.2) is 5.69 Å². The molecule has 0 N–H and O–H groups in total. The van der Waals surface area contributed by atoms with Gasteiger partial charge in [-0.15, -0.1) is 0 Å². The third-order valence-corrected chi connectivity index (χ3v) is 14.9. The maximum atomic E-state index is 9.87. The average molecular weight is 1100 g/mol. The zero-order valence-corrected chi connectivity index (χ0v) is 44.0. The summed E-state index contributed by atoms with van der Waals surface area (Å²) in [6, 6.07) is 58.2. The fraction of sp³-hybridized carbons (Fsp3) is 0.208. The van der Waals surface area contributed by atoms with Crippen LogP contribution in [0.25, 0.3) is 10.4 Å². The van der Waals surface area contributed by atoms with E-state index in [1.807, 2.05) is 65.0 Å². The summed E-state index contributed by atoms with van der Waals surface area (Å²) in [7, 11) is -12.5. The van der Waals surface area contributed by atoms with Crippen molar-refractivity contribution in [3.63, 3.8) is 0 Å². The number of hydrogen-bond donors (Lipinski definition) is 0. The molecule has 0 saturated heterocycles. The second-order valence-electron chi connectivity index (χ2n) is 12.6. The van der Waals surface area contributed by atoms with Crippen molar-refractivity contribution in [1.29, 1.82) is 0 Å². The molecule has 0 atom stereocenters. The van der Waals surface area contributed by atoms with E-state index in [4.69, 9.17) is 39.9 Å². The summed E-state index contributed by atoms with van der Waals surface area (Å²) in [5, 5.41) is 5.83. The zero-order valence-electron chi connectivity index (χ0n) is 38.1. The minimum atomic E-state index is -10.7. The van der Waals surface area contributed by atoms with Gasteiger partial charge in [0.1, 0.15) is 0 Å². The number of hydrogen-bond acceptors (Lipinski definition) is 4. The van der Waals surface area contributed by atoms with Crippen molar-refractivity contribution in [2.45, 2.75) is 41.5 Å². The van der Waals surface area contributed by atoms with Gasteiger partial charge in [-0.25, -0.2) is 16.5 Å². The van der Waals surface area contributed by atoms with Crippen molar-refractivity contribution in [3.05, 3.63) is 216 Å². The van der Waals surface area contributed by atoms with Crippen LogP contribution in [-0.4, -0.2) is 25.7 Å². The first-order valence-electron chi connectivity index (χ1n) is 19.6. The largest absolute Gasteiger partial charge is 3.00 e. The molecule has 0 amide bonds. The molecule has 0 aliphatic rings. The van der Waals surface area contributed by atoms with Gasteiger partial charge in [-0.05, 0) is 77.2 Å². The summed E-state index contributed by atoms with van der Waals surface area (Å²) in [6.45, 7) is 29.6. The number of nitrogens with zero attached hydrogens (tertiary/aromatic N) is 2. The van der Waals surface area contributed by atoms with Crippen LogP contribution in [0.2, 0.25) is 0 Å². The molecule has 1 radical (unpaired) electrons. The van der Waals surface area contributed by atoms with Gasteiger partial charge in [-0.3, -0.25) is 0 Å². The first kappa shape index (κ1) is 70.8. The molecule has 0 heterocycles. The van der Waals surface area contributed by atoms with Crippen LogP contribution in [0.3, 0.4) is 0 Å². The number of rotatable bonds is 12. The topological polar surface area (TPSA) is 111 Å². The van der Waals surface area contributed by atoms with E-state index < -0.39 is 32.3 Å². The predicted octanol–water partition coefficient (Wildman–Crippen LogP) is 15.7. The van der Waals surface area contributed by atoms with Crippen LogP contribution in [0, 0.1) is 45.6 Å². The summed E-state index contributed by atoms with van der Waals surface area (Å²) in [5.41, 5.74) is 10.1. The van der Waals surface area contributed by atoms with E-state index in [0.717, 1.165) is 11.3 Å². The van der Waals surface area contributed by atoms with Gasteiger partial charge >= 0.3 is 81.3 Å². The molecule has 0 aliphatic heterocycles. The Labute approximate surface area is 422 Å². The molecular formula is C48H53F6Mn2N2O6P4. The van der Waals surface area contributed by atoms with Crippen molar-refractivity contribution >= 4 is 59.2 Å². The monoisotopic (exact) mass is 1100 g/mol. The van der Waals surface area contributed by atoms with Crippen LogP contribution in [0.1, 0.15) is 37.5 Å². The van der Waals surface area contributed by atoms with Crippen molar-refractivity contribution in [2.75, 3.05) is 25.7 Å². The summed E-state index contributed by atoms with van der Waals surface area (Å²) < 4.78 is 89.6. The van der Waals surface area contributed by atoms with E-state index in [1.165, 1.54) is 38.2 Å². The van der Waals surface area contributed by atoms with Gasteiger partial charge in [0.05, 0.1) is 26.4 Å². The smallest absolute Gasteiger partial charge is 0.577 e. The summed E-state index contributed by atoms with van der Waals surface area (Å²) >= 11 is 0. The van der Waals surface area contributed by atoms with Gasteiger partial charge in [-0.1, -0.05) is 152 Å². The van der Waals surface area contributed by atoms with E-state index in [9.17, 15) is 25.2 Å². The first-order chi connectivity index (χ1) is 31.3. The van der Waals surface area contributed by atoms with Crippen LogP contribution in [0.15, 0.2) is 164 Å². The maximum absolute atomic E-state index is 10.7. The van der Waals surface area contributed by atoms with Gasteiger partial charge in [-0.2, -0.15) is 18.2 Å². The quantitative estimate of drug-likeness (QED) is 0.0399. The first-order valence-corrected chi connectivity index (χ1v) is 25.7. The van der Waals surface area contributed by atoms with Crippen LogP contribution in [0.4, 0.5) is 30.9 Å². The van der Waals surface area contributed by atoms with Crippen LogP contribution in [0.5, 0.6) is 0 Å². The maximum Gasteiger partial charge on any atom is 3.00 e. The second-order valence-corrected chi connectivity index (χ2v) is 20.7. The molecule has 6 rings (SSSR count). The second kappa shape index (κ2) is 39.0. The SMILES string of the molecule is CCOP(OCC)OCC.Cc1cc[cH-]c1.F[P-](F)(F)(F)(F)F.[C-]#[N+]c1ccc(C)cc1C.[C-]#[O+].[C-]#[O+].[Mn+3].[Mn].[N-]=O.c1ccc(P(CP(c2ccccc2)c2ccccc2)c2ccccc2)cc1. The predicted molar refractivity (Wildman–Crippen MR) is 262 cm³/mol. The fourth-order valence-electron chi connectivity index (χ4n) is 5.03. The van der Waals surface area contributed by atoms with Crippen LogP contribution < -0.4 is 21.2 Å². The average Bonchev–Trinajstić information content (AvgIpc) is 3.80. The fourth-order valence-corrected chi connectivity index (χ4v) is 12.4. The molecular weight excluding hydrogens is 1050 g/mol. The summed E-state index contributed by atoms with van der Waals surface area (Å²) in [4.78, 5) is 10.6. The molecule has 6 aromatic carbocycles. The summed E-state index contributed by atoms with van der Waals surface area (Å²) in [6.07, 6.45) is 0. The Morgan fingerprint density at radius 1 is 0.574 bits per heavy atom. The Balaban J connectivity index is -0.000000416. The molecule has 0 saturated carbocycles. The van der Waals surface area contributed by atoms with Crippen LogP contribution >= 0.6 is 32.3 Å². The Morgan fingerprint density at radius 2 is 0.882 bits per heavy atom. The van der Waals surface area contributed by atoms with E-state index in [0.29, 0.717) is 19.8 Å². The van der Waals surface area contributed by atoms with Crippen molar-refractivity contribution in [1.82, 2.24) is 0 Å². The Kier molecular flexibility index (Phi) is 40.6.